The molecule has 1 aliphatic carbocycles. The maximum Gasteiger partial charge on any atom is 0.223 e. The molecule has 0 atom stereocenters. The molecule has 1 saturated heterocycles. The van der Waals surface area contributed by atoms with Crippen LogP contribution in [0.15, 0.2) is 18.2 Å². The molecular formula is C15H18ClFN2O. The highest BCUT2D eigenvalue weighted by Gasteiger charge is 2.34. The molecule has 1 saturated carbocycles. The van der Waals surface area contributed by atoms with Crippen LogP contribution in [-0.2, 0) is 11.3 Å². The lowest BCUT2D eigenvalue weighted by atomic mass is 9.98. The Balaban J connectivity index is 1.72. The molecule has 0 spiro atoms. The highest BCUT2D eigenvalue weighted by molar-refractivity contribution is 6.31. The summed E-state index contributed by atoms with van der Waals surface area (Å²) in [5.41, 5.74) is 0.432. The maximum absolute atomic E-state index is 13.9. The summed E-state index contributed by atoms with van der Waals surface area (Å²) in [6, 6.07) is 4.92. The van der Waals surface area contributed by atoms with Crippen LogP contribution in [0, 0.1) is 11.7 Å². The largest absolute Gasteiger partial charge is 0.335 e. The zero-order valence-electron chi connectivity index (χ0n) is 11.2. The third kappa shape index (κ3) is 2.96. The quantitative estimate of drug-likeness (QED) is 0.906. The second-order valence-corrected chi connectivity index (χ2v) is 6.09. The van der Waals surface area contributed by atoms with Crippen molar-refractivity contribution in [2.75, 3.05) is 13.1 Å². The summed E-state index contributed by atoms with van der Waals surface area (Å²) in [6.45, 7) is 2.10. The highest BCUT2D eigenvalue weighted by Crippen LogP contribution is 2.31. The third-order valence-corrected chi connectivity index (χ3v) is 4.38. The lowest BCUT2D eigenvalue weighted by Crippen LogP contribution is -2.45. The van der Waals surface area contributed by atoms with Gasteiger partial charge < -0.3 is 10.2 Å². The lowest BCUT2D eigenvalue weighted by molar-refractivity contribution is -0.133. The van der Waals surface area contributed by atoms with E-state index in [2.05, 4.69) is 5.32 Å². The van der Waals surface area contributed by atoms with Crippen LogP contribution in [0.25, 0.3) is 0 Å². The molecule has 2 aliphatic rings. The Morgan fingerprint density at radius 1 is 1.40 bits per heavy atom. The first kappa shape index (κ1) is 13.8. The van der Waals surface area contributed by atoms with Crippen LogP contribution < -0.4 is 5.32 Å². The van der Waals surface area contributed by atoms with Gasteiger partial charge >= 0.3 is 0 Å². The summed E-state index contributed by atoms with van der Waals surface area (Å²) in [5.74, 6) is 0.222. The number of rotatable bonds is 5. The van der Waals surface area contributed by atoms with E-state index >= 15 is 0 Å². The van der Waals surface area contributed by atoms with Crippen molar-refractivity contribution < 1.29 is 9.18 Å². The van der Waals surface area contributed by atoms with Crippen LogP contribution in [0.2, 0.25) is 5.02 Å². The number of carbonyl (C=O) groups is 1. The lowest BCUT2D eigenvalue weighted by Gasteiger charge is -2.30. The van der Waals surface area contributed by atoms with E-state index in [0.717, 1.165) is 25.9 Å². The van der Waals surface area contributed by atoms with Crippen LogP contribution in [0.3, 0.4) is 0 Å². The predicted molar refractivity (Wildman–Crippen MR) is 76.0 cm³/mol. The molecule has 0 radical (unpaired) electrons. The van der Waals surface area contributed by atoms with Crippen LogP contribution >= 0.6 is 11.6 Å². The number of benzene rings is 1. The first-order valence-corrected chi connectivity index (χ1v) is 7.46. The number of amides is 1. The summed E-state index contributed by atoms with van der Waals surface area (Å²) in [5, 5.41) is 3.56. The van der Waals surface area contributed by atoms with Crippen LogP contribution in [0.1, 0.15) is 24.8 Å². The predicted octanol–water partition coefficient (Wildman–Crippen LogP) is 2.58. The standard InChI is InChI=1S/C15H18ClFN2O/c16-13-2-1-3-14(17)12(13)9-19(11-4-5-11)15(20)6-10-7-18-8-10/h1-3,10-11,18H,4-9H2. The molecule has 0 bridgehead atoms. The Hall–Kier alpha value is -1.13. The van der Waals surface area contributed by atoms with Crippen LogP contribution in [0.4, 0.5) is 4.39 Å². The normalized spacial score (nSPS) is 18.7. The van der Waals surface area contributed by atoms with Gasteiger partial charge in [0.1, 0.15) is 5.82 Å². The van der Waals surface area contributed by atoms with Gasteiger partial charge in [0, 0.05) is 23.0 Å². The first-order chi connectivity index (χ1) is 9.65. The van der Waals surface area contributed by atoms with Gasteiger partial charge in [0.2, 0.25) is 5.91 Å². The van der Waals surface area contributed by atoms with Crippen molar-refractivity contribution in [3.05, 3.63) is 34.6 Å². The number of nitrogens with zero attached hydrogens (tertiary/aromatic N) is 1. The topological polar surface area (TPSA) is 32.3 Å². The van der Waals surface area contributed by atoms with Gasteiger partial charge in [0.05, 0.1) is 6.54 Å². The Morgan fingerprint density at radius 3 is 2.70 bits per heavy atom. The Morgan fingerprint density at radius 2 is 2.15 bits per heavy atom. The monoisotopic (exact) mass is 296 g/mol. The van der Waals surface area contributed by atoms with E-state index in [1.807, 2.05) is 4.90 Å². The van der Waals surface area contributed by atoms with Gasteiger partial charge in [-0.25, -0.2) is 4.39 Å². The zero-order valence-corrected chi connectivity index (χ0v) is 12.0. The van der Waals surface area contributed by atoms with Crippen LogP contribution in [-0.4, -0.2) is 29.9 Å². The van der Waals surface area contributed by atoms with E-state index in [0.29, 0.717) is 22.9 Å². The van der Waals surface area contributed by atoms with Gasteiger partial charge in [-0.2, -0.15) is 0 Å². The van der Waals surface area contributed by atoms with Crippen molar-refractivity contribution in [1.82, 2.24) is 10.2 Å². The molecule has 0 aromatic heterocycles. The highest BCUT2D eigenvalue weighted by atomic mass is 35.5. The molecule has 1 N–H and O–H groups in total. The molecule has 108 valence electrons. The Bertz CT molecular complexity index is 494. The molecule has 0 unspecified atom stereocenters. The molecule has 1 heterocycles. The number of nitrogens with one attached hydrogen (secondary N) is 1. The van der Waals surface area contributed by atoms with Crippen molar-refractivity contribution in [1.29, 1.82) is 0 Å². The average Bonchev–Trinajstić information content (AvgIpc) is 3.17. The second kappa shape index (κ2) is 5.70. The molecule has 1 aromatic carbocycles. The van der Waals surface area contributed by atoms with Gasteiger partial charge in [-0.3, -0.25) is 4.79 Å². The fraction of sp³-hybridized carbons (Fsp3) is 0.533. The van der Waals surface area contributed by atoms with Gasteiger partial charge in [-0.05, 0) is 44.0 Å². The molecule has 5 heteroatoms. The van der Waals surface area contributed by atoms with E-state index in [1.54, 1.807) is 12.1 Å². The van der Waals surface area contributed by atoms with Gasteiger partial charge in [-0.15, -0.1) is 0 Å². The molecule has 1 amide bonds. The Kier molecular flexibility index (Phi) is 3.94. The van der Waals surface area contributed by atoms with Gasteiger partial charge in [0.15, 0.2) is 0 Å². The summed E-state index contributed by atoms with van der Waals surface area (Å²) in [6.07, 6.45) is 2.58. The van der Waals surface area contributed by atoms with Crippen molar-refractivity contribution in [3.8, 4) is 0 Å². The molecule has 3 nitrogen and oxygen atoms in total. The van der Waals surface area contributed by atoms with E-state index < -0.39 is 0 Å². The Labute approximate surface area is 123 Å². The van der Waals surface area contributed by atoms with Crippen molar-refractivity contribution in [3.63, 3.8) is 0 Å². The second-order valence-electron chi connectivity index (χ2n) is 5.68. The maximum atomic E-state index is 13.9. The summed E-state index contributed by atoms with van der Waals surface area (Å²) < 4.78 is 13.9. The SMILES string of the molecule is O=C(CC1CNC1)N(Cc1c(F)cccc1Cl)C1CC1. The summed E-state index contributed by atoms with van der Waals surface area (Å²) in [7, 11) is 0. The van der Waals surface area contributed by atoms with Crippen molar-refractivity contribution >= 4 is 17.5 Å². The van der Waals surface area contributed by atoms with Gasteiger partial charge in [0.25, 0.3) is 0 Å². The molecule has 3 rings (SSSR count). The van der Waals surface area contributed by atoms with E-state index in [-0.39, 0.29) is 24.3 Å². The smallest absolute Gasteiger partial charge is 0.223 e. The van der Waals surface area contributed by atoms with E-state index in [9.17, 15) is 9.18 Å². The van der Waals surface area contributed by atoms with Crippen LogP contribution in [0.5, 0.6) is 0 Å². The molecular weight excluding hydrogens is 279 g/mol. The molecule has 2 fully saturated rings. The fourth-order valence-electron chi connectivity index (χ4n) is 2.52. The van der Waals surface area contributed by atoms with Gasteiger partial charge in [-0.1, -0.05) is 17.7 Å². The minimum absolute atomic E-state index is 0.123. The number of halogens is 2. The molecule has 1 aliphatic heterocycles. The number of hydrogen-bond donors (Lipinski definition) is 1. The minimum Gasteiger partial charge on any atom is -0.335 e. The summed E-state index contributed by atoms with van der Waals surface area (Å²) >= 11 is 6.06. The average molecular weight is 297 g/mol. The zero-order chi connectivity index (χ0) is 14.1. The third-order valence-electron chi connectivity index (χ3n) is 4.03. The van der Waals surface area contributed by atoms with E-state index in [1.165, 1.54) is 6.07 Å². The molecule has 20 heavy (non-hydrogen) atoms. The summed E-state index contributed by atoms with van der Waals surface area (Å²) in [4.78, 5) is 14.2. The first-order valence-electron chi connectivity index (χ1n) is 7.08. The number of carbonyl (C=O) groups excluding carboxylic acids is 1. The van der Waals surface area contributed by atoms with Crippen molar-refractivity contribution in [2.24, 2.45) is 5.92 Å². The van der Waals surface area contributed by atoms with Crippen molar-refractivity contribution in [2.45, 2.75) is 31.8 Å². The minimum atomic E-state index is -0.332. The molecule has 1 aromatic rings. The number of hydrogen-bond acceptors (Lipinski definition) is 2. The fourth-order valence-corrected chi connectivity index (χ4v) is 2.74. The van der Waals surface area contributed by atoms with E-state index in [4.69, 9.17) is 11.6 Å².